The molecule has 1 rings (SSSR count). The van der Waals surface area contributed by atoms with E-state index in [1.807, 2.05) is 13.8 Å². The van der Waals surface area contributed by atoms with Gasteiger partial charge in [0, 0.05) is 19.6 Å². The van der Waals surface area contributed by atoms with Gasteiger partial charge in [0.25, 0.3) is 0 Å². The molecule has 1 amide bonds. The molecule has 0 atom stereocenters. The Morgan fingerprint density at radius 1 is 1.41 bits per heavy atom. The van der Waals surface area contributed by atoms with E-state index in [9.17, 15) is 4.79 Å². The van der Waals surface area contributed by atoms with Gasteiger partial charge in [-0.2, -0.15) is 0 Å². The van der Waals surface area contributed by atoms with Crippen LogP contribution in [-0.2, 0) is 9.53 Å². The van der Waals surface area contributed by atoms with Gasteiger partial charge in [-0.25, -0.2) is 0 Å². The van der Waals surface area contributed by atoms with E-state index in [0.717, 1.165) is 45.5 Å². The van der Waals surface area contributed by atoms with Crippen LogP contribution in [0.1, 0.15) is 39.5 Å². The molecule has 1 heterocycles. The normalized spacial score (nSPS) is 17.4. The first kappa shape index (κ1) is 14.5. The number of carbonyl (C=O) groups is 1. The predicted octanol–water partition coefficient (Wildman–Crippen LogP) is 1.31. The first-order valence-electron chi connectivity index (χ1n) is 6.77. The summed E-state index contributed by atoms with van der Waals surface area (Å²) in [4.78, 5) is 11.6. The van der Waals surface area contributed by atoms with E-state index in [0.29, 0.717) is 12.3 Å². The maximum absolute atomic E-state index is 11.6. The third-order valence-corrected chi connectivity index (χ3v) is 3.03. The summed E-state index contributed by atoms with van der Waals surface area (Å²) in [5, 5.41) is 6.27. The molecule has 0 aliphatic carbocycles. The second-order valence-corrected chi connectivity index (χ2v) is 5.02. The fourth-order valence-electron chi connectivity index (χ4n) is 2.04. The molecule has 2 N–H and O–H groups in total. The van der Waals surface area contributed by atoms with Crippen molar-refractivity contribution in [3.63, 3.8) is 0 Å². The van der Waals surface area contributed by atoms with E-state index in [4.69, 9.17) is 4.74 Å². The zero-order valence-corrected chi connectivity index (χ0v) is 11.1. The van der Waals surface area contributed by atoms with Crippen LogP contribution < -0.4 is 10.6 Å². The summed E-state index contributed by atoms with van der Waals surface area (Å²) in [5.41, 5.74) is 0. The highest BCUT2D eigenvalue weighted by Crippen LogP contribution is 2.15. The molecule has 0 spiro atoms. The number of hydrogen-bond acceptors (Lipinski definition) is 3. The molecular weight excluding hydrogens is 216 g/mol. The monoisotopic (exact) mass is 242 g/mol. The third-order valence-electron chi connectivity index (χ3n) is 3.03. The molecule has 1 fully saturated rings. The van der Waals surface area contributed by atoms with Gasteiger partial charge in [0.2, 0.25) is 5.91 Å². The Morgan fingerprint density at radius 2 is 2.12 bits per heavy atom. The molecule has 17 heavy (non-hydrogen) atoms. The summed E-state index contributed by atoms with van der Waals surface area (Å²) < 4.78 is 5.41. The molecule has 0 aromatic heterocycles. The molecule has 0 saturated carbocycles. The van der Waals surface area contributed by atoms with Crippen molar-refractivity contribution in [3.8, 4) is 0 Å². The Labute approximate surface area is 104 Å². The van der Waals surface area contributed by atoms with Gasteiger partial charge in [0.15, 0.2) is 0 Å². The summed E-state index contributed by atoms with van der Waals surface area (Å²) in [6.07, 6.45) is 4.12. The lowest BCUT2D eigenvalue weighted by Gasteiger charge is -2.21. The van der Waals surface area contributed by atoms with E-state index in [1.54, 1.807) is 0 Å². The van der Waals surface area contributed by atoms with Gasteiger partial charge in [-0.15, -0.1) is 0 Å². The number of carbonyl (C=O) groups excluding carboxylic acids is 1. The SMILES string of the molecule is CC(C)OCCCNC(=O)CC1CCNCC1. The molecule has 100 valence electrons. The zero-order valence-electron chi connectivity index (χ0n) is 11.1. The second-order valence-electron chi connectivity index (χ2n) is 5.02. The van der Waals surface area contributed by atoms with Crippen LogP contribution in [-0.4, -0.2) is 38.3 Å². The highest BCUT2D eigenvalue weighted by molar-refractivity contribution is 5.76. The van der Waals surface area contributed by atoms with Gasteiger partial charge < -0.3 is 15.4 Å². The molecule has 1 aliphatic heterocycles. The molecule has 4 nitrogen and oxygen atoms in total. The van der Waals surface area contributed by atoms with Crippen molar-refractivity contribution in [3.05, 3.63) is 0 Å². The molecule has 0 radical (unpaired) electrons. The quantitative estimate of drug-likeness (QED) is 0.662. The molecule has 0 unspecified atom stereocenters. The summed E-state index contributed by atoms with van der Waals surface area (Å²) in [5.74, 6) is 0.768. The Kier molecular flexibility index (Phi) is 7.21. The molecule has 4 heteroatoms. The molecule has 0 bridgehead atoms. The minimum Gasteiger partial charge on any atom is -0.379 e. The summed E-state index contributed by atoms with van der Waals surface area (Å²) >= 11 is 0. The van der Waals surface area contributed by atoms with Gasteiger partial charge in [-0.3, -0.25) is 4.79 Å². The Bertz CT molecular complexity index is 213. The fourth-order valence-corrected chi connectivity index (χ4v) is 2.04. The maximum Gasteiger partial charge on any atom is 0.220 e. The van der Waals surface area contributed by atoms with Crippen molar-refractivity contribution in [1.29, 1.82) is 0 Å². The first-order chi connectivity index (χ1) is 8.18. The van der Waals surface area contributed by atoms with E-state index in [2.05, 4.69) is 10.6 Å². The maximum atomic E-state index is 11.6. The average Bonchev–Trinajstić information content (AvgIpc) is 2.29. The number of rotatable bonds is 7. The van der Waals surface area contributed by atoms with E-state index < -0.39 is 0 Å². The largest absolute Gasteiger partial charge is 0.379 e. The van der Waals surface area contributed by atoms with Crippen LogP contribution in [0.4, 0.5) is 0 Å². The summed E-state index contributed by atoms with van der Waals surface area (Å²) in [6.45, 7) is 7.62. The zero-order chi connectivity index (χ0) is 12.5. The van der Waals surface area contributed by atoms with E-state index >= 15 is 0 Å². The highest BCUT2D eigenvalue weighted by atomic mass is 16.5. The van der Waals surface area contributed by atoms with Crippen LogP contribution in [0.25, 0.3) is 0 Å². The van der Waals surface area contributed by atoms with Gasteiger partial charge >= 0.3 is 0 Å². The molecule has 1 aliphatic rings. The lowest BCUT2D eigenvalue weighted by Crippen LogP contribution is -2.32. The van der Waals surface area contributed by atoms with Crippen molar-refractivity contribution in [2.75, 3.05) is 26.2 Å². The minimum atomic E-state index is 0.196. The van der Waals surface area contributed by atoms with Crippen LogP contribution in [0.5, 0.6) is 0 Å². The number of amides is 1. The third kappa shape index (κ3) is 7.34. The molecule has 1 saturated heterocycles. The topological polar surface area (TPSA) is 50.4 Å². The van der Waals surface area contributed by atoms with Crippen molar-refractivity contribution in [1.82, 2.24) is 10.6 Å². The van der Waals surface area contributed by atoms with Gasteiger partial charge in [-0.1, -0.05) is 0 Å². The van der Waals surface area contributed by atoms with Crippen molar-refractivity contribution in [2.24, 2.45) is 5.92 Å². The lowest BCUT2D eigenvalue weighted by molar-refractivity contribution is -0.122. The highest BCUT2D eigenvalue weighted by Gasteiger charge is 2.16. The number of ether oxygens (including phenoxy) is 1. The predicted molar refractivity (Wildman–Crippen MR) is 68.9 cm³/mol. The van der Waals surface area contributed by atoms with Crippen LogP contribution >= 0.6 is 0 Å². The van der Waals surface area contributed by atoms with Crippen LogP contribution in [0.2, 0.25) is 0 Å². The average molecular weight is 242 g/mol. The molecular formula is C13H26N2O2. The number of hydrogen-bond donors (Lipinski definition) is 2. The Morgan fingerprint density at radius 3 is 2.76 bits per heavy atom. The van der Waals surface area contributed by atoms with Crippen LogP contribution in [0, 0.1) is 5.92 Å². The van der Waals surface area contributed by atoms with Crippen molar-refractivity contribution >= 4 is 5.91 Å². The Hall–Kier alpha value is -0.610. The Balaban J connectivity index is 1.97. The van der Waals surface area contributed by atoms with E-state index in [-0.39, 0.29) is 12.0 Å². The number of piperidine rings is 1. The minimum absolute atomic E-state index is 0.196. The molecule has 0 aromatic rings. The summed E-state index contributed by atoms with van der Waals surface area (Å²) in [6, 6.07) is 0. The summed E-state index contributed by atoms with van der Waals surface area (Å²) in [7, 11) is 0. The van der Waals surface area contributed by atoms with Crippen LogP contribution in [0.3, 0.4) is 0 Å². The smallest absolute Gasteiger partial charge is 0.220 e. The fraction of sp³-hybridized carbons (Fsp3) is 0.923. The number of nitrogens with one attached hydrogen (secondary N) is 2. The van der Waals surface area contributed by atoms with Gasteiger partial charge in [0.05, 0.1) is 6.10 Å². The molecule has 0 aromatic carbocycles. The van der Waals surface area contributed by atoms with Crippen molar-refractivity contribution in [2.45, 2.75) is 45.6 Å². The standard InChI is InChI=1S/C13H26N2O2/c1-11(2)17-9-3-6-15-13(16)10-12-4-7-14-8-5-12/h11-12,14H,3-10H2,1-2H3,(H,15,16). The van der Waals surface area contributed by atoms with Crippen molar-refractivity contribution < 1.29 is 9.53 Å². The second kappa shape index (κ2) is 8.48. The van der Waals surface area contributed by atoms with Gasteiger partial charge in [-0.05, 0) is 52.1 Å². The van der Waals surface area contributed by atoms with Gasteiger partial charge in [0.1, 0.15) is 0 Å². The van der Waals surface area contributed by atoms with E-state index in [1.165, 1.54) is 0 Å². The van der Waals surface area contributed by atoms with Crippen LogP contribution in [0.15, 0.2) is 0 Å². The first-order valence-corrected chi connectivity index (χ1v) is 6.77. The lowest BCUT2D eigenvalue weighted by atomic mass is 9.94.